The molecular weight excluding hydrogens is 334 g/mol. The molecule has 0 N–H and O–H groups in total. The van der Waals surface area contributed by atoms with Gasteiger partial charge in [0.25, 0.3) is 0 Å². The molecule has 142 valence electrons. The van der Waals surface area contributed by atoms with E-state index in [1.807, 2.05) is 18.3 Å². The Hall–Kier alpha value is -2.20. The van der Waals surface area contributed by atoms with Crippen LogP contribution < -0.4 is 0 Å². The fourth-order valence-electron chi connectivity index (χ4n) is 4.58. The third-order valence-electron chi connectivity index (χ3n) is 6.05. The lowest BCUT2D eigenvalue weighted by molar-refractivity contribution is -0.130. The van der Waals surface area contributed by atoms with Gasteiger partial charge in [-0.2, -0.15) is 0 Å². The van der Waals surface area contributed by atoms with E-state index in [2.05, 4.69) is 45.1 Å². The van der Waals surface area contributed by atoms with Crippen molar-refractivity contribution in [2.45, 2.75) is 25.7 Å². The summed E-state index contributed by atoms with van der Waals surface area (Å²) < 4.78 is 0. The van der Waals surface area contributed by atoms with E-state index >= 15 is 0 Å². The Morgan fingerprint density at radius 3 is 2.37 bits per heavy atom. The lowest BCUT2D eigenvalue weighted by Gasteiger charge is -2.21. The Morgan fingerprint density at radius 1 is 0.926 bits per heavy atom. The second-order valence-electron chi connectivity index (χ2n) is 8.03. The molecule has 2 aliphatic heterocycles. The van der Waals surface area contributed by atoms with Crippen molar-refractivity contribution < 1.29 is 4.79 Å². The summed E-state index contributed by atoms with van der Waals surface area (Å²) in [5.74, 6) is 1.65. The van der Waals surface area contributed by atoms with Gasteiger partial charge in [0.1, 0.15) is 0 Å². The van der Waals surface area contributed by atoms with E-state index in [-0.39, 0.29) is 0 Å². The zero-order valence-electron chi connectivity index (χ0n) is 16.0. The lowest BCUT2D eigenvalue weighted by atomic mass is 10.0. The first-order valence-corrected chi connectivity index (χ1v) is 10.2. The number of aryl methyl sites for hydroxylation is 2. The third-order valence-corrected chi connectivity index (χ3v) is 6.05. The Bertz CT molecular complexity index is 720. The van der Waals surface area contributed by atoms with Gasteiger partial charge < -0.3 is 9.80 Å². The van der Waals surface area contributed by atoms with Gasteiger partial charge in [0.05, 0.1) is 0 Å². The van der Waals surface area contributed by atoms with Gasteiger partial charge in [-0.25, -0.2) is 0 Å². The average molecular weight is 364 g/mol. The number of nitrogens with zero attached hydrogens (tertiary/aromatic N) is 3. The largest absolute Gasteiger partial charge is 0.342 e. The van der Waals surface area contributed by atoms with Crippen molar-refractivity contribution in [3.8, 4) is 0 Å². The van der Waals surface area contributed by atoms with E-state index < -0.39 is 0 Å². The van der Waals surface area contributed by atoms with Gasteiger partial charge in [0, 0.05) is 45.0 Å². The number of amides is 1. The summed E-state index contributed by atoms with van der Waals surface area (Å²) >= 11 is 0. The number of aromatic nitrogens is 1. The second-order valence-corrected chi connectivity index (χ2v) is 8.03. The summed E-state index contributed by atoms with van der Waals surface area (Å²) in [7, 11) is 0. The number of hydrogen-bond donors (Lipinski definition) is 0. The van der Waals surface area contributed by atoms with Gasteiger partial charge >= 0.3 is 0 Å². The number of carbonyl (C=O) groups is 1. The molecule has 3 heterocycles. The molecule has 2 aromatic rings. The van der Waals surface area contributed by atoms with Crippen LogP contribution in [0, 0.1) is 11.8 Å². The smallest absolute Gasteiger partial charge is 0.222 e. The molecule has 4 rings (SSSR count). The maximum absolute atomic E-state index is 12.6. The number of rotatable bonds is 7. The monoisotopic (exact) mass is 363 g/mol. The van der Waals surface area contributed by atoms with E-state index in [1.165, 1.54) is 18.5 Å². The van der Waals surface area contributed by atoms with Crippen LogP contribution in [0.25, 0.3) is 0 Å². The van der Waals surface area contributed by atoms with Crippen LogP contribution in [0.3, 0.4) is 0 Å². The second kappa shape index (κ2) is 8.66. The predicted octanol–water partition coefficient (Wildman–Crippen LogP) is 3.04. The van der Waals surface area contributed by atoms with Crippen LogP contribution in [0.2, 0.25) is 0 Å². The number of likely N-dealkylation sites (tertiary alicyclic amines) is 2. The topological polar surface area (TPSA) is 36.4 Å². The molecule has 0 radical (unpaired) electrons. The molecule has 0 bridgehead atoms. The highest BCUT2D eigenvalue weighted by Gasteiger charge is 2.40. The zero-order valence-corrected chi connectivity index (χ0v) is 16.0. The maximum atomic E-state index is 12.6. The molecule has 2 unspecified atom stereocenters. The predicted molar refractivity (Wildman–Crippen MR) is 107 cm³/mol. The van der Waals surface area contributed by atoms with Crippen LogP contribution in [0.4, 0.5) is 0 Å². The van der Waals surface area contributed by atoms with E-state index in [9.17, 15) is 4.79 Å². The first-order valence-electron chi connectivity index (χ1n) is 10.2. The highest BCUT2D eigenvalue weighted by atomic mass is 16.2. The van der Waals surface area contributed by atoms with Gasteiger partial charge in [-0.3, -0.25) is 9.78 Å². The summed E-state index contributed by atoms with van der Waals surface area (Å²) in [5.41, 5.74) is 2.58. The van der Waals surface area contributed by atoms with Crippen molar-refractivity contribution in [2.24, 2.45) is 11.8 Å². The summed E-state index contributed by atoms with van der Waals surface area (Å²) in [6.07, 6.45) is 7.41. The van der Waals surface area contributed by atoms with Crippen molar-refractivity contribution in [1.29, 1.82) is 0 Å². The molecule has 4 nitrogen and oxygen atoms in total. The highest BCUT2D eigenvalue weighted by Crippen LogP contribution is 2.31. The first kappa shape index (κ1) is 18.2. The summed E-state index contributed by atoms with van der Waals surface area (Å²) in [6, 6.07) is 14.7. The maximum Gasteiger partial charge on any atom is 0.222 e. The van der Waals surface area contributed by atoms with Crippen molar-refractivity contribution in [1.82, 2.24) is 14.8 Å². The van der Waals surface area contributed by atoms with Gasteiger partial charge in [-0.1, -0.05) is 36.4 Å². The summed E-state index contributed by atoms with van der Waals surface area (Å²) in [6.45, 7) is 5.39. The van der Waals surface area contributed by atoms with Crippen LogP contribution in [0.1, 0.15) is 24.0 Å². The standard InChI is InChI=1S/C23H29N3O/c27-23(11-10-20-8-4-12-24-14-20)26-17-21-15-25(16-22(21)18-26)13-5-9-19-6-2-1-3-7-19/h1-4,6-8,12,14,21-22H,5,9-11,13,15-18H2. The minimum absolute atomic E-state index is 0.309. The molecule has 2 aliphatic rings. The number of fused-ring (bicyclic) bond motifs is 1. The van der Waals surface area contributed by atoms with Crippen molar-refractivity contribution >= 4 is 5.91 Å². The molecule has 0 saturated carbocycles. The molecule has 2 saturated heterocycles. The van der Waals surface area contributed by atoms with Crippen LogP contribution in [-0.4, -0.2) is 53.4 Å². The minimum atomic E-state index is 0.309. The third kappa shape index (κ3) is 4.75. The van der Waals surface area contributed by atoms with Crippen LogP contribution in [0.15, 0.2) is 54.9 Å². The van der Waals surface area contributed by atoms with Crippen molar-refractivity contribution in [3.63, 3.8) is 0 Å². The fourth-order valence-corrected chi connectivity index (χ4v) is 4.58. The highest BCUT2D eigenvalue weighted by molar-refractivity contribution is 5.76. The fraction of sp³-hybridized carbons (Fsp3) is 0.478. The van der Waals surface area contributed by atoms with E-state index in [0.29, 0.717) is 24.2 Å². The van der Waals surface area contributed by atoms with Crippen LogP contribution in [-0.2, 0) is 17.6 Å². The Balaban J connectivity index is 1.17. The molecule has 1 aromatic carbocycles. The molecule has 2 atom stereocenters. The van der Waals surface area contributed by atoms with Crippen LogP contribution >= 0.6 is 0 Å². The van der Waals surface area contributed by atoms with Gasteiger partial charge in [-0.05, 0) is 54.8 Å². The number of hydrogen-bond acceptors (Lipinski definition) is 3. The Kier molecular flexibility index (Phi) is 5.83. The molecular formula is C23H29N3O. The molecule has 0 aliphatic carbocycles. The number of pyridine rings is 1. The van der Waals surface area contributed by atoms with Gasteiger partial charge in [0.2, 0.25) is 5.91 Å². The molecule has 4 heteroatoms. The zero-order chi connectivity index (χ0) is 18.5. The van der Waals surface area contributed by atoms with Crippen LogP contribution in [0.5, 0.6) is 0 Å². The summed E-state index contributed by atoms with van der Waals surface area (Å²) in [4.78, 5) is 21.4. The molecule has 27 heavy (non-hydrogen) atoms. The van der Waals surface area contributed by atoms with Gasteiger partial charge in [-0.15, -0.1) is 0 Å². The quantitative estimate of drug-likeness (QED) is 0.759. The van der Waals surface area contributed by atoms with E-state index in [4.69, 9.17) is 0 Å². The van der Waals surface area contributed by atoms with E-state index in [1.54, 1.807) is 6.20 Å². The first-order chi connectivity index (χ1) is 13.3. The number of carbonyl (C=O) groups excluding carboxylic acids is 1. The average Bonchev–Trinajstić information content (AvgIpc) is 3.27. The SMILES string of the molecule is O=C(CCc1cccnc1)N1CC2CN(CCCc3ccccc3)CC2C1. The Labute approximate surface area is 162 Å². The minimum Gasteiger partial charge on any atom is -0.342 e. The van der Waals surface area contributed by atoms with Gasteiger partial charge in [0.15, 0.2) is 0 Å². The molecule has 2 fully saturated rings. The normalized spacial score (nSPS) is 22.1. The summed E-state index contributed by atoms with van der Waals surface area (Å²) in [5, 5.41) is 0. The Morgan fingerprint density at radius 2 is 1.67 bits per heavy atom. The van der Waals surface area contributed by atoms with Crippen molar-refractivity contribution in [3.05, 3.63) is 66.0 Å². The van der Waals surface area contributed by atoms with E-state index in [0.717, 1.165) is 44.6 Å². The lowest BCUT2D eigenvalue weighted by Crippen LogP contribution is -2.33. The molecule has 0 spiro atoms. The molecule has 1 amide bonds. The number of benzene rings is 1. The van der Waals surface area contributed by atoms with Crippen molar-refractivity contribution in [2.75, 3.05) is 32.7 Å². The molecule has 1 aromatic heterocycles.